The second kappa shape index (κ2) is 8.86. The minimum absolute atomic E-state index is 0.0360. The first-order chi connectivity index (χ1) is 16.0. The third-order valence-corrected chi connectivity index (χ3v) is 5.90. The van der Waals surface area contributed by atoms with Gasteiger partial charge in [-0.05, 0) is 36.4 Å². The Bertz CT molecular complexity index is 1220. The molecule has 33 heavy (non-hydrogen) atoms. The topological polar surface area (TPSA) is 99.7 Å². The Balaban J connectivity index is 1.33. The summed E-state index contributed by atoms with van der Waals surface area (Å²) in [4.78, 5) is 36.7. The van der Waals surface area contributed by atoms with Gasteiger partial charge in [0.05, 0.1) is 22.3 Å². The van der Waals surface area contributed by atoms with Crippen molar-refractivity contribution in [1.29, 1.82) is 0 Å². The van der Waals surface area contributed by atoms with Crippen LogP contribution < -0.4 is 25.2 Å². The highest BCUT2D eigenvalue weighted by Crippen LogP contribution is 2.37. The molecule has 2 aliphatic rings. The van der Waals surface area contributed by atoms with Gasteiger partial charge in [0.2, 0.25) is 17.7 Å². The Hall–Kier alpha value is -3.40. The molecule has 1 fully saturated rings. The fourth-order valence-electron chi connectivity index (χ4n) is 3.66. The first-order valence-electron chi connectivity index (χ1n) is 10.1. The summed E-state index contributed by atoms with van der Waals surface area (Å²) in [6.45, 7) is 1.63. The number of piperazine rings is 1. The van der Waals surface area contributed by atoms with Gasteiger partial charge in [-0.25, -0.2) is 4.98 Å². The molecule has 2 aromatic carbocycles. The molecule has 3 aromatic rings. The maximum atomic E-state index is 13.0. The highest BCUT2D eigenvalue weighted by molar-refractivity contribution is 6.40. The van der Waals surface area contributed by atoms with Crippen molar-refractivity contribution >= 4 is 58.0 Å². The fourth-order valence-corrected chi connectivity index (χ4v) is 4.26. The van der Waals surface area contributed by atoms with Crippen LogP contribution in [0.15, 0.2) is 48.7 Å². The molecular weight excluding hydrogens is 467 g/mol. The van der Waals surface area contributed by atoms with E-state index >= 15 is 0 Å². The molecule has 0 aliphatic carbocycles. The molecule has 0 bridgehead atoms. The van der Waals surface area contributed by atoms with Crippen molar-refractivity contribution in [2.45, 2.75) is 0 Å². The average molecular weight is 485 g/mol. The minimum atomic E-state index is -0.358. The number of nitrogens with zero attached hydrogens (tertiary/aromatic N) is 4. The normalized spacial score (nSPS) is 15.8. The van der Waals surface area contributed by atoms with Crippen molar-refractivity contribution in [2.75, 3.05) is 41.5 Å². The number of aromatic nitrogens is 2. The summed E-state index contributed by atoms with van der Waals surface area (Å²) < 4.78 is 5.71. The Kier molecular flexibility index (Phi) is 5.76. The zero-order valence-electron chi connectivity index (χ0n) is 17.2. The molecule has 1 saturated heterocycles. The van der Waals surface area contributed by atoms with Gasteiger partial charge in [-0.2, -0.15) is 4.98 Å². The summed E-state index contributed by atoms with van der Waals surface area (Å²) in [5.41, 5.74) is 2.13. The van der Waals surface area contributed by atoms with Crippen LogP contribution in [0.3, 0.4) is 0 Å². The number of carbonyl (C=O) groups excluding carboxylic acids is 2. The molecule has 2 aliphatic heterocycles. The van der Waals surface area contributed by atoms with E-state index < -0.39 is 0 Å². The smallest absolute Gasteiger partial charge is 0.268 e. The van der Waals surface area contributed by atoms with E-state index in [0.717, 1.165) is 17.9 Å². The number of para-hydroxylation sites is 1. The number of hydrogen-bond acceptors (Lipinski definition) is 7. The second-order valence-corrected chi connectivity index (χ2v) is 8.20. The standard InChI is InChI=1S/C22H18Cl2N6O3/c23-16-2-1-3-17(24)19(16)30-12-33-20-15(21(30)32)10-26-22(28-20)27-13-4-6-14(7-5-13)29-9-8-25-11-18(29)31/h1-7,10,25H,8-9,11-12H2,(H,26,27,28). The van der Waals surface area contributed by atoms with Gasteiger partial charge in [0.25, 0.3) is 5.91 Å². The molecular formula is C22H18Cl2N6O3. The molecule has 3 heterocycles. The summed E-state index contributed by atoms with van der Waals surface area (Å²) in [6, 6.07) is 12.4. The van der Waals surface area contributed by atoms with E-state index in [1.165, 1.54) is 11.1 Å². The molecule has 2 N–H and O–H groups in total. The molecule has 168 valence electrons. The highest BCUT2D eigenvalue weighted by Gasteiger charge is 2.31. The lowest BCUT2D eigenvalue weighted by atomic mass is 10.2. The summed E-state index contributed by atoms with van der Waals surface area (Å²) in [6.07, 6.45) is 1.40. The van der Waals surface area contributed by atoms with Crippen LogP contribution >= 0.6 is 23.2 Å². The predicted octanol–water partition coefficient (Wildman–Crippen LogP) is 3.46. The molecule has 2 amide bonds. The molecule has 1 aromatic heterocycles. The Morgan fingerprint density at radius 1 is 1.03 bits per heavy atom. The van der Waals surface area contributed by atoms with Crippen LogP contribution in [0.4, 0.5) is 23.0 Å². The zero-order valence-corrected chi connectivity index (χ0v) is 18.7. The number of fused-ring (bicyclic) bond motifs is 1. The lowest BCUT2D eigenvalue weighted by molar-refractivity contribution is -0.118. The zero-order chi connectivity index (χ0) is 22.9. The Labute approximate surface area is 199 Å². The molecule has 9 nitrogen and oxygen atoms in total. The second-order valence-electron chi connectivity index (χ2n) is 7.38. The number of benzene rings is 2. The van der Waals surface area contributed by atoms with Crippen LogP contribution in [0.2, 0.25) is 10.0 Å². The first-order valence-corrected chi connectivity index (χ1v) is 10.9. The van der Waals surface area contributed by atoms with Crippen LogP contribution in [0.1, 0.15) is 10.4 Å². The SMILES string of the molecule is O=C1CNCCN1c1ccc(Nc2ncc3c(n2)OCN(c2c(Cl)cccc2Cl)C3=O)cc1. The number of ether oxygens (including phenoxy) is 1. The first kappa shape index (κ1) is 21.4. The third-order valence-electron chi connectivity index (χ3n) is 5.29. The van der Waals surface area contributed by atoms with Gasteiger partial charge in [0, 0.05) is 30.7 Å². The number of anilines is 4. The predicted molar refractivity (Wildman–Crippen MR) is 126 cm³/mol. The van der Waals surface area contributed by atoms with Gasteiger partial charge in [0.15, 0.2) is 6.73 Å². The van der Waals surface area contributed by atoms with Gasteiger partial charge in [-0.3, -0.25) is 14.5 Å². The monoisotopic (exact) mass is 484 g/mol. The molecule has 0 atom stereocenters. The van der Waals surface area contributed by atoms with Crippen molar-refractivity contribution in [2.24, 2.45) is 0 Å². The average Bonchev–Trinajstić information content (AvgIpc) is 2.81. The van der Waals surface area contributed by atoms with Gasteiger partial charge in [-0.15, -0.1) is 0 Å². The summed E-state index contributed by atoms with van der Waals surface area (Å²) in [5, 5.41) is 6.82. The van der Waals surface area contributed by atoms with E-state index in [1.807, 2.05) is 24.3 Å². The van der Waals surface area contributed by atoms with Crippen molar-refractivity contribution < 1.29 is 14.3 Å². The maximum absolute atomic E-state index is 13.0. The molecule has 5 rings (SSSR count). The number of hydrogen-bond donors (Lipinski definition) is 2. The highest BCUT2D eigenvalue weighted by atomic mass is 35.5. The van der Waals surface area contributed by atoms with Crippen LogP contribution in [-0.4, -0.2) is 48.1 Å². The van der Waals surface area contributed by atoms with Crippen molar-refractivity contribution in [1.82, 2.24) is 15.3 Å². The van der Waals surface area contributed by atoms with E-state index in [9.17, 15) is 9.59 Å². The van der Waals surface area contributed by atoms with Gasteiger partial charge in [-0.1, -0.05) is 29.3 Å². The van der Waals surface area contributed by atoms with Crippen LogP contribution in [0.25, 0.3) is 0 Å². The number of nitrogens with one attached hydrogen (secondary N) is 2. The number of carbonyl (C=O) groups is 2. The minimum Gasteiger partial charge on any atom is -0.455 e. The largest absolute Gasteiger partial charge is 0.455 e. The Morgan fingerprint density at radius 3 is 2.52 bits per heavy atom. The Morgan fingerprint density at radius 2 is 1.79 bits per heavy atom. The van der Waals surface area contributed by atoms with Crippen molar-refractivity contribution in [3.05, 3.63) is 64.3 Å². The lowest BCUT2D eigenvalue weighted by Gasteiger charge is -2.29. The molecule has 0 saturated carbocycles. The van der Waals surface area contributed by atoms with E-state index in [4.69, 9.17) is 27.9 Å². The van der Waals surface area contributed by atoms with Crippen LogP contribution in [-0.2, 0) is 4.79 Å². The molecule has 0 radical (unpaired) electrons. The molecule has 0 spiro atoms. The quantitative estimate of drug-likeness (QED) is 0.584. The fraction of sp³-hybridized carbons (Fsp3) is 0.182. The van der Waals surface area contributed by atoms with Crippen molar-refractivity contribution in [3.8, 4) is 5.88 Å². The summed E-state index contributed by atoms with van der Waals surface area (Å²) in [7, 11) is 0. The number of amides is 2. The third kappa shape index (κ3) is 4.18. The van der Waals surface area contributed by atoms with Gasteiger partial charge < -0.3 is 20.3 Å². The molecule has 11 heteroatoms. The summed E-state index contributed by atoms with van der Waals surface area (Å²) in [5.74, 6) is 0.119. The van der Waals surface area contributed by atoms with E-state index in [-0.39, 0.29) is 35.9 Å². The van der Waals surface area contributed by atoms with E-state index in [1.54, 1.807) is 23.1 Å². The number of halogens is 2. The van der Waals surface area contributed by atoms with Gasteiger partial charge in [0.1, 0.15) is 5.56 Å². The lowest BCUT2D eigenvalue weighted by Crippen LogP contribution is -2.48. The van der Waals surface area contributed by atoms with Crippen molar-refractivity contribution in [3.63, 3.8) is 0 Å². The van der Waals surface area contributed by atoms with Gasteiger partial charge >= 0.3 is 0 Å². The molecule has 0 unspecified atom stereocenters. The van der Waals surface area contributed by atoms with Crippen LogP contribution in [0, 0.1) is 0 Å². The maximum Gasteiger partial charge on any atom is 0.268 e. The van der Waals surface area contributed by atoms with E-state index in [2.05, 4.69) is 20.6 Å². The summed E-state index contributed by atoms with van der Waals surface area (Å²) >= 11 is 12.5. The van der Waals surface area contributed by atoms with Crippen LogP contribution in [0.5, 0.6) is 5.88 Å². The van der Waals surface area contributed by atoms with E-state index in [0.29, 0.717) is 28.8 Å². The number of rotatable bonds is 4.